The van der Waals surface area contributed by atoms with Gasteiger partial charge in [0.2, 0.25) is 5.91 Å². The molecule has 1 aliphatic rings. The summed E-state index contributed by atoms with van der Waals surface area (Å²) in [7, 11) is 1.87. The second-order valence-corrected chi connectivity index (χ2v) is 4.37. The number of anilines is 2. The molecule has 0 spiro atoms. The fourth-order valence-electron chi connectivity index (χ4n) is 2.08. The molecule has 4 N–H and O–H groups in total. The first kappa shape index (κ1) is 11.8. The van der Waals surface area contributed by atoms with Crippen LogP contribution in [0.1, 0.15) is 25.5 Å². The molecule has 1 saturated heterocycles. The van der Waals surface area contributed by atoms with Gasteiger partial charge in [-0.3, -0.25) is 9.48 Å². The van der Waals surface area contributed by atoms with E-state index < -0.39 is 0 Å². The van der Waals surface area contributed by atoms with Gasteiger partial charge in [-0.15, -0.1) is 0 Å². The van der Waals surface area contributed by atoms with E-state index in [2.05, 4.69) is 15.7 Å². The highest BCUT2D eigenvalue weighted by Crippen LogP contribution is 2.24. The van der Waals surface area contributed by atoms with Gasteiger partial charge in [-0.2, -0.15) is 5.10 Å². The summed E-state index contributed by atoms with van der Waals surface area (Å²) in [4.78, 5) is 11.1. The Labute approximate surface area is 101 Å². The summed E-state index contributed by atoms with van der Waals surface area (Å²) in [5.74, 6) is 0.971. The number of hydrogen-bond acceptors (Lipinski definition) is 4. The quantitative estimate of drug-likeness (QED) is 0.703. The number of nitrogens with one attached hydrogen (secondary N) is 2. The summed E-state index contributed by atoms with van der Waals surface area (Å²) in [5.41, 5.74) is 7.65. The van der Waals surface area contributed by atoms with Crippen molar-refractivity contribution in [1.29, 1.82) is 0 Å². The molecule has 1 aliphatic heterocycles. The number of amides is 1. The van der Waals surface area contributed by atoms with Crippen molar-refractivity contribution in [3.05, 3.63) is 5.69 Å². The Hall–Kier alpha value is -1.72. The largest absolute Gasteiger partial charge is 0.394 e. The van der Waals surface area contributed by atoms with E-state index in [0.29, 0.717) is 18.7 Å². The monoisotopic (exact) mass is 237 g/mol. The third-order valence-corrected chi connectivity index (χ3v) is 3.10. The third-order valence-electron chi connectivity index (χ3n) is 3.10. The summed E-state index contributed by atoms with van der Waals surface area (Å²) >= 11 is 0. The molecule has 17 heavy (non-hydrogen) atoms. The lowest BCUT2D eigenvalue weighted by atomic mass is 10.1. The predicted octanol–water partition coefficient (Wildman–Crippen LogP) is 0.255. The molecule has 0 saturated carbocycles. The number of carbonyl (C=O) groups excluding carboxylic acids is 1. The molecule has 1 aromatic heterocycles. The average Bonchev–Trinajstić information content (AvgIpc) is 2.59. The van der Waals surface area contributed by atoms with Gasteiger partial charge < -0.3 is 16.4 Å². The minimum atomic E-state index is 0.121. The maximum atomic E-state index is 11.1. The smallest absolute Gasteiger partial charge is 0.220 e. The molecule has 1 aromatic rings. The lowest BCUT2D eigenvalue weighted by Gasteiger charge is -2.24. The normalized spacial score (nSPS) is 20.1. The van der Waals surface area contributed by atoms with E-state index in [1.54, 1.807) is 4.68 Å². The van der Waals surface area contributed by atoms with Gasteiger partial charge in [0.05, 0.1) is 11.4 Å². The summed E-state index contributed by atoms with van der Waals surface area (Å²) in [5, 5.41) is 10.5. The van der Waals surface area contributed by atoms with Crippen LogP contribution in [-0.2, 0) is 18.3 Å². The second kappa shape index (κ2) is 4.65. The van der Waals surface area contributed by atoms with Crippen molar-refractivity contribution in [3.63, 3.8) is 0 Å². The van der Waals surface area contributed by atoms with Crippen LogP contribution in [0.5, 0.6) is 0 Å². The number of aromatic nitrogens is 2. The summed E-state index contributed by atoms with van der Waals surface area (Å²) in [6.45, 7) is 2.67. The molecule has 1 fully saturated rings. The van der Waals surface area contributed by atoms with Gasteiger partial charge in [0, 0.05) is 26.1 Å². The minimum Gasteiger partial charge on any atom is -0.394 e. The molecule has 94 valence electrons. The van der Waals surface area contributed by atoms with Gasteiger partial charge in [0.15, 0.2) is 0 Å². The Kier molecular flexibility index (Phi) is 3.21. The van der Waals surface area contributed by atoms with Crippen LogP contribution in [0.25, 0.3) is 0 Å². The van der Waals surface area contributed by atoms with E-state index in [4.69, 9.17) is 5.73 Å². The Morgan fingerprint density at radius 3 is 2.94 bits per heavy atom. The summed E-state index contributed by atoms with van der Waals surface area (Å²) in [6, 6.07) is 0.232. The first-order chi connectivity index (χ1) is 8.11. The van der Waals surface area contributed by atoms with E-state index in [1.165, 1.54) is 0 Å². The molecule has 1 unspecified atom stereocenters. The first-order valence-corrected chi connectivity index (χ1v) is 5.96. The van der Waals surface area contributed by atoms with Crippen LogP contribution < -0.4 is 16.4 Å². The highest BCUT2D eigenvalue weighted by Gasteiger charge is 2.20. The molecule has 1 atom stereocenters. The van der Waals surface area contributed by atoms with Crippen LogP contribution >= 0.6 is 0 Å². The standard InChI is InChI=1S/C11H19N5O/c1-3-8-10(12)11(16(2)15-8)14-7-4-5-9(17)13-6-7/h7,14H,3-6,12H2,1-2H3,(H,13,17). The van der Waals surface area contributed by atoms with Crippen LogP contribution in [0.2, 0.25) is 0 Å². The van der Waals surface area contributed by atoms with Crippen LogP contribution in [0.15, 0.2) is 0 Å². The Morgan fingerprint density at radius 1 is 1.65 bits per heavy atom. The van der Waals surface area contributed by atoms with Crippen LogP contribution in [0.4, 0.5) is 11.5 Å². The number of hydrogen-bond donors (Lipinski definition) is 3. The summed E-state index contributed by atoms with van der Waals surface area (Å²) < 4.78 is 1.77. The van der Waals surface area contributed by atoms with Crippen LogP contribution in [0, 0.1) is 0 Å². The van der Waals surface area contributed by atoms with Crippen molar-refractivity contribution in [2.75, 3.05) is 17.6 Å². The fraction of sp³-hybridized carbons (Fsp3) is 0.636. The molecular weight excluding hydrogens is 218 g/mol. The Balaban J connectivity index is 2.08. The van der Waals surface area contributed by atoms with E-state index in [9.17, 15) is 4.79 Å². The van der Waals surface area contributed by atoms with Gasteiger partial charge in [0.25, 0.3) is 0 Å². The number of piperidine rings is 1. The van der Waals surface area contributed by atoms with E-state index in [0.717, 1.165) is 24.4 Å². The molecule has 0 radical (unpaired) electrons. The number of nitrogens with two attached hydrogens (primary N) is 1. The Morgan fingerprint density at radius 2 is 2.41 bits per heavy atom. The predicted molar refractivity (Wildman–Crippen MR) is 66.7 cm³/mol. The second-order valence-electron chi connectivity index (χ2n) is 4.37. The molecule has 2 heterocycles. The molecule has 6 heteroatoms. The average molecular weight is 237 g/mol. The molecule has 0 aromatic carbocycles. The number of nitrogen functional groups attached to an aromatic ring is 1. The van der Waals surface area contributed by atoms with Crippen molar-refractivity contribution >= 4 is 17.4 Å². The highest BCUT2D eigenvalue weighted by molar-refractivity contribution is 5.77. The van der Waals surface area contributed by atoms with Gasteiger partial charge in [-0.1, -0.05) is 6.92 Å². The van der Waals surface area contributed by atoms with E-state index >= 15 is 0 Å². The first-order valence-electron chi connectivity index (χ1n) is 5.96. The number of aryl methyl sites for hydroxylation is 2. The van der Waals surface area contributed by atoms with Crippen LogP contribution in [0.3, 0.4) is 0 Å². The summed E-state index contributed by atoms with van der Waals surface area (Å²) in [6.07, 6.45) is 2.22. The zero-order valence-electron chi connectivity index (χ0n) is 10.3. The molecular formula is C11H19N5O. The van der Waals surface area contributed by atoms with Crippen molar-refractivity contribution in [2.45, 2.75) is 32.2 Å². The third kappa shape index (κ3) is 2.35. The number of rotatable bonds is 3. The lowest BCUT2D eigenvalue weighted by molar-refractivity contribution is -0.122. The maximum absolute atomic E-state index is 11.1. The Bertz CT molecular complexity index is 416. The molecule has 1 amide bonds. The highest BCUT2D eigenvalue weighted by atomic mass is 16.1. The van der Waals surface area contributed by atoms with Crippen LogP contribution in [-0.4, -0.2) is 28.3 Å². The molecule has 6 nitrogen and oxygen atoms in total. The lowest BCUT2D eigenvalue weighted by Crippen LogP contribution is -2.42. The van der Waals surface area contributed by atoms with E-state index in [-0.39, 0.29) is 11.9 Å². The zero-order valence-corrected chi connectivity index (χ0v) is 10.3. The van der Waals surface area contributed by atoms with Crippen molar-refractivity contribution in [2.24, 2.45) is 7.05 Å². The van der Waals surface area contributed by atoms with Crippen molar-refractivity contribution in [3.8, 4) is 0 Å². The topological polar surface area (TPSA) is 85.0 Å². The molecule has 0 bridgehead atoms. The van der Waals surface area contributed by atoms with Gasteiger partial charge in [0.1, 0.15) is 5.82 Å². The van der Waals surface area contributed by atoms with Gasteiger partial charge in [-0.05, 0) is 12.8 Å². The minimum absolute atomic E-state index is 0.121. The van der Waals surface area contributed by atoms with Crippen molar-refractivity contribution in [1.82, 2.24) is 15.1 Å². The maximum Gasteiger partial charge on any atom is 0.220 e. The number of nitrogens with zero attached hydrogens (tertiary/aromatic N) is 2. The van der Waals surface area contributed by atoms with Gasteiger partial charge >= 0.3 is 0 Å². The SMILES string of the molecule is CCc1nn(C)c(NC2CCC(=O)NC2)c1N. The fourth-order valence-corrected chi connectivity index (χ4v) is 2.08. The van der Waals surface area contributed by atoms with E-state index in [1.807, 2.05) is 14.0 Å². The zero-order chi connectivity index (χ0) is 12.4. The molecule has 0 aliphatic carbocycles. The van der Waals surface area contributed by atoms with Gasteiger partial charge in [-0.25, -0.2) is 0 Å². The molecule has 2 rings (SSSR count). The number of carbonyl (C=O) groups is 1. The van der Waals surface area contributed by atoms with Crippen molar-refractivity contribution < 1.29 is 4.79 Å².